The van der Waals surface area contributed by atoms with E-state index < -0.39 is 16.0 Å². The Kier molecular flexibility index (Phi) is 5.65. The van der Waals surface area contributed by atoms with Crippen LogP contribution in [0.4, 0.5) is 0 Å². The zero-order valence-corrected chi connectivity index (χ0v) is 15.3. The van der Waals surface area contributed by atoms with Crippen LogP contribution in [-0.4, -0.2) is 32.8 Å². The van der Waals surface area contributed by atoms with Crippen molar-refractivity contribution in [1.29, 1.82) is 0 Å². The van der Waals surface area contributed by atoms with Gasteiger partial charge < -0.3 is 13.6 Å². The molecule has 0 saturated heterocycles. The van der Waals surface area contributed by atoms with Crippen LogP contribution in [0, 0.1) is 3.77 Å². The average Bonchev–Trinajstić information content (AvgIpc) is 3.12. The number of halogens is 1. The van der Waals surface area contributed by atoms with Gasteiger partial charge in [0, 0.05) is 20.2 Å². The second-order valence-electron chi connectivity index (χ2n) is 4.59. The van der Waals surface area contributed by atoms with Crippen LogP contribution in [0.3, 0.4) is 0 Å². The molecule has 0 bridgehead atoms. The Hall–Kier alpha value is -1.59. The van der Waals surface area contributed by atoms with E-state index in [1.54, 1.807) is 12.1 Å². The minimum absolute atomic E-state index is 0.165. The predicted octanol–water partition coefficient (Wildman–Crippen LogP) is 2.48. The van der Waals surface area contributed by atoms with Gasteiger partial charge in [0.15, 0.2) is 3.77 Å². The molecule has 7 nitrogen and oxygen atoms in total. The van der Waals surface area contributed by atoms with E-state index in [2.05, 4.69) is 0 Å². The van der Waals surface area contributed by atoms with Crippen molar-refractivity contribution in [3.05, 3.63) is 45.6 Å². The van der Waals surface area contributed by atoms with Crippen LogP contribution < -0.4 is 0 Å². The van der Waals surface area contributed by atoms with Crippen molar-refractivity contribution in [2.45, 2.75) is 11.7 Å². The van der Waals surface area contributed by atoms with Gasteiger partial charge in [-0.2, -0.15) is 0 Å². The first-order chi connectivity index (χ1) is 10.8. The Bertz CT molecular complexity index is 818. The number of hydrogen-bond acceptors (Lipinski definition) is 6. The SMILES string of the molecule is CN(C)S(=O)(=O)c1ccc(COC(=O)/C=C/c2ccc(I)o2)o1. The maximum absolute atomic E-state index is 11.8. The predicted molar refractivity (Wildman–Crippen MR) is 89.8 cm³/mol. The van der Waals surface area contributed by atoms with Crippen molar-refractivity contribution in [2.24, 2.45) is 0 Å². The van der Waals surface area contributed by atoms with Crippen LogP contribution in [0.1, 0.15) is 11.5 Å². The van der Waals surface area contributed by atoms with E-state index in [1.165, 1.54) is 38.4 Å². The molecule has 0 atom stereocenters. The third-order valence-corrected chi connectivity index (χ3v) is 4.98. The molecule has 2 aromatic rings. The average molecular weight is 451 g/mol. The van der Waals surface area contributed by atoms with Crippen LogP contribution in [0.2, 0.25) is 0 Å². The fraction of sp³-hybridized carbons (Fsp3) is 0.214. The summed E-state index contributed by atoms with van der Waals surface area (Å²) in [5, 5.41) is -0.200. The van der Waals surface area contributed by atoms with Crippen molar-refractivity contribution >= 4 is 44.7 Å². The number of carbonyl (C=O) groups excluding carboxylic acids is 1. The number of carbonyl (C=O) groups is 1. The standard InChI is InChI=1S/C14H14INO6S/c1-16(2)23(18,19)14-8-5-11(22-14)9-20-13(17)7-4-10-3-6-12(15)21-10/h3-8H,9H2,1-2H3/b7-4+. The smallest absolute Gasteiger partial charge is 0.331 e. The summed E-state index contributed by atoms with van der Waals surface area (Å²) >= 11 is 2.01. The minimum Gasteiger partial charge on any atom is -0.454 e. The third-order valence-electron chi connectivity index (χ3n) is 2.71. The second-order valence-corrected chi connectivity index (χ2v) is 7.74. The number of rotatable bonds is 6. The number of sulfonamides is 1. The van der Waals surface area contributed by atoms with E-state index in [0.717, 1.165) is 4.31 Å². The maximum atomic E-state index is 11.8. The summed E-state index contributed by atoms with van der Waals surface area (Å²) in [5.41, 5.74) is 0. The van der Waals surface area contributed by atoms with E-state index >= 15 is 0 Å². The highest BCUT2D eigenvalue weighted by Crippen LogP contribution is 2.17. The van der Waals surface area contributed by atoms with Gasteiger partial charge in [-0.15, -0.1) is 0 Å². The number of esters is 1. The first-order valence-corrected chi connectivity index (χ1v) is 8.92. The van der Waals surface area contributed by atoms with Crippen molar-refractivity contribution in [1.82, 2.24) is 4.31 Å². The van der Waals surface area contributed by atoms with Crippen molar-refractivity contribution in [2.75, 3.05) is 14.1 Å². The molecule has 0 radical (unpaired) electrons. The second kappa shape index (κ2) is 7.32. The van der Waals surface area contributed by atoms with E-state index in [1.807, 2.05) is 22.6 Å². The molecule has 0 aliphatic rings. The molecule has 0 aliphatic carbocycles. The van der Waals surface area contributed by atoms with Gasteiger partial charge in [0.25, 0.3) is 10.0 Å². The quantitative estimate of drug-likeness (QED) is 0.381. The zero-order valence-electron chi connectivity index (χ0n) is 12.4. The van der Waals surface area contributed by atoms with Gasteiger partial charge in [0.1, 0.15) is 18.1 Å². The lowest BCUT2D eigenvalue weighted by Crippen LogP contribution is -2.21. The fourth-order valence-corrected chi connectivity index (χ4v) is 2.76. The van der Waals surface area contributed by atoms with E-state index in [-0.39, 0.29) is 17.5 Å². The summed E-state index contributed by atoms with van der Waals surface area (Å²) in [5.74, 6) is 0.174. The van der Waals surface area contributed by atoms with Crippen LogP contribution >= 0.6 is 22.6 Å². The molecule has 0 N–H and O–H groups in total. The van der Waals surface area contributed by atoms with Crippen LogP contribution in [-0.2, 0) is 26.2 Å². The number of furan rings is 2. The molecule has 124 valence electrons. The summed E-state index contributed by atoms with van der Waals surface area (Å²) in [7, 11) is -0.838. The Morgan fingerprint density at radius 1 is 1.26 bits per heavy atom. The van der Waals surface area contributed by atoms with Crippen molar-refractivity contribution in [3.8, 4) is 0 Å². The summed E-state index contributed by atoms with van der Waals surface area (Å²) < 4.78 is 40.8. The molecule has 0 saturated carbocycles. The first kappa shape index (κ1) is 17.8. The zero-order chi connectivity index (χ0) is 17.0. The van der Waals surface area contributed by atoms with Crippen LogP contribution in [0.15, 0.2) is 44.3 Å². The fourth-order valence-electron chi connectivity index (χ4n) is 1.51. The Morgan fingerprint density at radius 2 is 2.00 bits per heavy atom. The van der Waals surface area contributed by atoms with E-state index in [0.29, 0.717) is 9.53 Å². The topological polar surface area (TPSA) is 90.0 Å². The molecule has 23 heavy (non-hydrogen) atoms. The van der Waals surface area contributed by atoms with Gasteiger partial charge in [0.2, 0.25) is 5.09 Å². The highest BCUT2D eigenvalue weighted by Gasteiger charge is 2.21. The molecule has 0 aromatic carbocycles. The summed E-state index contributed by atoms with van der Waals surface area (Å²) in [4.78, 5) is 11.6. The molecular formula is C14H14INO6S. The van der Waals surface area contributed by atoms with E-state index in [4.69, 9.17) is 13.6 Å². The maximum Gasteiger partial charge on any atom is 0.331 e. The van der Waals surface area contributed by atoms with Gasteiger partial charge in [-0.05, 0) is 52.9 Å². The lowest BCUT2D eigenvalue weighted by atomic mass is 10.4. The van der Waals surface area contributed by atoms with Gasteiger partial charge in [-0.3, -0.25) is 0 Å². The molecule has 0 fully saturated rings. The molecule has 2 rings (SSSR count). The summed E-state index contributed by atoms with van der Waals surface area (Å²) in [6.07, 6.45) is 2.70. The summed E-state index contributed by atoms with van der Waals surface area (Å²) in [6.45, 7) is -0.165. The normalized spacial score (nSPS) is 12.2. The Balaban J connectivity index is 1.92. The van der Waals surface area contributed by atoms with Gasteiger partial charge in [-0.25, -0.2) is 17.5 Å². The van der Waals surface area contributed by atoms with Gasteiger partial charge >= 0.3 is 5.97 Å². The molecule has 9 heteroatoms. The lowest BCUT2D eigenvalue weighted by Gasteiger charge is -2.07. The Labute approximate surface area is 147 Å². The highest BCUT2D eigenvalue weighted by molar-refractivity contribution is 14.1. The number of hydrogen-bond donors (Lipinski definition) is 0. The van der Waals surface area contributed by atoms with Crippen molar-refractivity contribution < 1.29 is 26.8 Å². The molecule has 2 heterocycles. The number of nitrogens with zero attached hydrogens (tertiary/aromatic N) is 1. The minimum atomic E-state index is -3.64. The largest absolute Gasteiger partial charge is 0.454 e. The van der Waals surface area contributed by atoms with E-state index in [9.17, 15) is 13.2 Å². The van der Waals surface area contributed by atoms with Crippen LogP contribution in [0.25, 0.3) is 6.08 Å². The number of ether oxygens (including phenoxy) is 1. The van der Waals surface area contributed by atoms with Gasteiger partial charge in [-0.1, -0.05) is 0 Å². The monoisotopic (exact) mass is 451 g/mol. The highest BCUT2D eigenvalue weighted by atomic mass is 127. The summed E-state index contributed by atoms with van der Waals surface area (Å²) in [6, 6.07) is 6.25. The first-order valence-electron chi connectivity index (χ1n) is 6.40. The lowest BCUT2D eigenvalue weighted by molar-refractivity contribution is -0.139. The Morgan fingerprint density at radius 3 is 2.61 bits per heavy atom. The van der Waals surface area contributed by atoms with Crippen molar-refractivity contribution in [3.63, 3.8) is 0 Å². The third kappa shape index (κ3) is 4.69. The van der Waals surface area contributed by atoms with Crippen LogP contribution in [0.5, 0.6) is 0 Å². The molecular weight excluding hydrogens is 437 g/mol. The van der Waals surface area contributed by atoms with Gasteiger partial charge in [0.05, 0.1) is 0 Å². The molecule has 0 spiro atoms. The molecule has 2 aromatic heterocycles. The molecule has 0 amide bonds. The molecule has 0 unspecified atom stereocenters. The molecule has 0 aliphatic heterocycles.